The molecule has 0 aliphatic carbocycles. The van der Waals surface area contributed by atoms with Gasteiger partial charge in [-0.2, -0.15) is 0 Å². The van der Waals surface area contributed by atoms with Gasteiger partial charge in [0.25, 0.3) is 0 Å². The second-order valence-electron chi connectivity index (χ2n) is 4.96. The van der Waals surface area contributed by atoms with Gasteiger partial charge in [0, 0.05) is 4.47 Å². The molecule has 2 aromatic carbocycles. The van der Waals surface area contributed by atoms with Crippen molar-refractivity contribution in [3.63, 3.8) is 0 Å². The number of rotatable bonds is 7. The van der Waals surface area contributed by atoms with Gasteiger partial charge in [0.2, 0.25) is 10.0 Å². The van der Waals surface area contributed by atoms with E-state index in [0.29, 0.717) is 5.75 Å². The van der Waals surface area contributed by atoms with E-state index >= 15 is 0 Å². The summed E-state index contributed by atoms with van der Waals surface area (Å²) in [5.74, 6) is 1.39. The number of nitrogens with one attached hydrogen (secondary N) is 1. The molecule has 0 spiro atoms. The molecule has 0 aromatic heterocycles. The van der Waals surface area contributed by atoms with Crippen molar-refractivity contribution >= 4 is 26.0 Å². The molecule has 1 atom stereocenters. The molecule has 0 saturated carbocycles. The topological polar surface area (TPSA) is 64.6 Å². The van der Waals surface area contributed by atoms with Crippen LogP contribution >= 0.6 is 15.9 Å². The van der Waals surface area contributed by atoms with Crippen LogP contribution in [0.5, 0.6) is 11.5 Å². The van der Waals surface area contributed by atoms with Crippen molar-refractivity contribution in [2.75, 3.05) is 13.7 Å². The van der Waals surface area contributed by atoms with Crippen LogP contribution in [0.1, 0.15) is 6.92 Å². The Bertz CT molecular complexity index is 730. The monoisotopic (exact) mass is 399 g/mol. The molecule has 0 aliphatic heterocycles. The highest BCUT2D eigenvalue weighted by Crippen LogP contribution is 2.18. The van der Waals surface area contributed by atoms with Gasteiger partial charge in [-0.25, -0.2) is 13.1 Å². The third-order valence-electron chi connectivity index (χ3n) is 3.04. The Hall–Kier alpha value is -1.57. The molecule has 0 fully saturated rings. The van der Waals surface area contributed by atoms with E-state index in [4.69, 9.17) is 9.47 Å². The summed E-state index contributed by atoms with van der Waals surface area (Å²) in [6.45, 7) is 1.97. The SMILES string of the molecule is COc1ccc(OC[C@@H](C)NS(=O)(=O)c2ccc(Br)cc2)cc1. The van der Waals surface area contributed by atoms with E-state index in [1.54, 1.807) is 62.6 Å². The number of ether oxygens (including phenoxy) is 2. The highest BCUT2D eigenvalue weighted by Gasteiger charge is 2.17. The molecule has 0 unspecified atom stereocenters. The Balaban J connectivity index is 1.92. The van der Waals surface area contributed by atoms with E-state index in [9.17, 15) is 8.42 Å². The molecule has 0 aliphatic rings. The fourth-order valence-corrected chi connectivity index (χ4v) is 3.37. The fraction of sp³-hybridized carbons (Fsp3) is 0.250. The second kappa shape index (κ2) is 7.81. The number of halogens is 1. The van der Waals surface area contributed by atoms with Crippen LogP contribution in [0.4, 0.5) is 0 Å². The van der Waals surface area contributed by atoms with Crippen molar-refractivity contribution in [2.45, 2.75) is 17.9 Å². The van der Waals surface area contributed by atoms with Crippen molar-refractivity contribution < 1.29 is 17.9 Å². The van der Waals surface area contributed by atoms with Gasteiger partial charge in [0.05, 0.1) is 18.0 Å². The van der Waals surface area contributed by atoms with Crippen molar-refractivity contribution in [3.8, 4) is 11.5 Å². The molecule has 23 heavy (non-hydrogen) atoms. The molecule has 1 N–H and O–H groups in total. The highest BCUT2D eigenvalue weighted by atomic mass is 79.9. The molecule has 0 saturated heterocycles. The van der Waals surface area contributed by atoms with Gasteiger partial charge in [-0.1, -0.05) is 15.9 Å². The van der Waals surface area contributed by atoms with E-state index in [1.165, 1.54) is 0 Å². The summed E-state index contributed by atoms with van der Waals surface area (Å²) in [6, 6.07) is 13.2. The van der Waals surface area contributed by atoms with Crippen LogP contribution < -0.4 is 14.2 Å². The summed E-state index contributed by atoms with van der Waals surface area (Å²) >= 11 is 3.28. The van der Waals surface area contributed by atoms with Crippen molar-refractivity contribution in [1.82, 2.24) is 4.72 Å². The van der Waals surface area contributed by atoms with Crippen LogP contribution in [0.25, 0.3) is 0 Å². The second-order valence-corrected chi connectivity index (χ2v) is 7.59. The highest BCUT2D eigenvalue weighted by molar-refractivity contribution is 9.10. The van der Waals surface area contributed by atoms with Gasteiger partial charge in [-0.3, -0.25) is 0 Å². The molecule has 0 heterocycles. The molecular formula is C16H18BrNO4S. The normalized spacial score (nSPS) is 12.7. The smallest absolute Gasteiger partial charge is 0.240 e. The molecule has 124 valence electrons. The zero-order valence-electron chi connectivity index (χ0n) is 12.8. The summed E-state index contributed by atoms with van der Waals surface area (Å²) in [7, 11) is -1.97. The van der Waals surface area contributed by atoms with Crippen LogP contribution in [0.15, 0.2) is 57.9 Å². The van der Waals surface area contributed by atoms with E-state index in [1.807, 2.05) is 0 Å². The first-order chi connectivity index (χ1) is 10.9. The van der Waals surface area contributed by atoms with Crippen molar-refractivity contribution in [2.24, 2.45) is 0 Å². The van der Waals surface area contributed by atoms with Gasteiger partial charge in [0.1, 0.15) is 18.1 Å². The van der Waals surface area contributed by atoms with Crippen LogP contribution in [-0.2, 0) is 10.0 Å². The molecule has 2 aromatic rings. The lowest BCUT2D eigenvalue weighted by molar-refractivity contribution is 0.287. The maximum Gasteiger partial charge on any atom is 0.240 e. The summed E-state index contributed by atoms with van der Waals surface area (Å²) in [6.07, 6.45) is 0. The van der Waals surface area contributed by atoms with Crippen molar-refractivity contribution in [1.29, 1.82) is 0 Å². The first-order valence-electron chi connectivity index (χ1n) is 6.95. The van der Waals surface area contributed by atoms with Crippen LogP contribution in [0.2, 0.25) is 0 Å². The summed E-state index contributed by atoms with van der Waals surface area (Å²) in [5.41, 5.74) is 0. The first kappa shape index (κ1) is 17.8. The number of hydrogen-bond donors (Lipinski definition) is 1. The lowest BCUT2D eigenvalue weighted by atomic mass is 10.3. The fourth-order valence-electron chi connectivity index (χ4n) is 1.87. The minimum atomic E-state index is -3.56. The van der Waals surface area contributed by atoms with E-state index in [0.717, 1.165) is 10.2 Å². The number of hydrogen-bond acceptors (Lipinski definition) is 4. The Morgan fingerprint density at radius 1 is 1.04 bits per heavy atom. The Morgan fingerprint density at radius 3 is 2.17 bits per heavy atom. The average molecular weight is 400 g/mol. The Morgan fingerprint density at radius 2 is 1.61 bits per heavy atom. The molecule has 7 heteroatoms. The van der Waals surface area contributed by atoms with Crippen LogP contribution in [-0.4, -0.2) is 28.2 Å². The third kappa shape index (κ3) is 5.23. The average Bonchev–Trinajstić information content (AvgIpc) is 2.53. The Kier molecular flexibility index (Phi) is 6.04. The maximum atomic E-state index is 12.3. The van der Waals surface area contributed by atoms with Gasteiger partial charge >= 0.3 is 0 Å². The summed E-state index contributed by atoms with van der Waals surface area (Å²) in [4.78, 5) is 0.219. The van der Waals surface area contributed by atoms with Crippen molar-refractivity contribution in [3.05, 3.63) is 53.0 Å². The summed E-state index contributed by atoms with van der Waals surface area (Å²) in [5, 5.41) is 0. The molecule has 0 amide bonds. The molecule has 0 radical (unpaired) electrons. The van der Waals surface area contributed by atoms with Crippen LogP contribution in [0, 0.1) is 0 Å². The van der Waals surface area contributed by atoms with E-state index in [2.05, 4.69) is 20.7 Å². The number of methoxy groups -OCH3 is 1. The van der Waals surface area contributed by atoms with Crippen LogP contribution in [0.3, 0.4) is 0 Å². The third-order valence-corrected chi connectivity index (χ3v) is 5.17. The lowest BCUT2D eigenvalue weighted by Crippen LogP contribution is -2.36. The Labute approximate surface area is 144 Å². The van der Waals surface area contributed by atoms with Gasteiger partial charge < -0.3 is 9.47 Å². The molecule has 0 bridgehead atoms. The molecule has 5 nitrogen and oxygen atoms in total. The largest absolute Gasteiger partial charge is 0.497 e. The van der Waals surface area contributed by atoms with E-state index in [-0.39, 0.29) is 17.5 Å². The standard InChI is InChI=1S/C16H18BrNO4S/c1-12(11-22-15-7-5-14(21-2)6-8-15)18-23(19,20)16-9-3-13(17)4-10-16/h3-10,12,18H,11H2,1-2H3/t12-/m1/s1. The zero-order valence-corrected chi connectivity index (χ0v) is 15.2. The predicted molar refractivity (Wildman–Crippen MR) is 92.4 cm³/mol. The minimum Gasteiger partial charge on any atom is -0.497 e. The first-order valence-corrected chi connectivity index (χ1v) is 9.23. The van der Waals surface area contributed by atoms with Gasteiger partial charge in [-0.15, -0.1) is 0 Å². The molecule has 2 rings (SSSR count). The number of sulfonamides is 1. The van der Waals surface area contributed by atoms with E-state index < -0.39 is 10.0 Å². The lowest BCUT2D eigenvalue weighted by Gasteiger charge is -2.15. The zero-order chi connectivity index (χ0) is 16.9. The predicted octanol–water partition coefficient (Wildman–Crippen LogP) is 3.20. The minimum absolute atomic E-state index is 0.219. The van der Waals surface area contributed by atoms with Gasteiger partial charge in [-0.05, 0) is 55.5 Å². The summed E-state index contributed by atoms with van der Waals surface area (Å²) < 4.78 is 38.6. The number of benzene rings is 2. The maximum absolute atomic E-state index is 12.3. The molecular weight excluding hydrogens is 382 g/mol. The van der Waals surface area contributed by atoms with Gasteiger partial charge in [0.15, 0.2) is 0 Å². The quantitative estimate of drug-likeness (QED) is 0.776.